The number of morpholine rings is 1. The molecule has 0 bridgehead atoms. The van der Waals surface area contributed by atoms with Gasteiger partial charge in [-0.2, -0.15) is 61.5 Å². The van der Waals surface area contributed by atoms with Crippen LogP contribution in [0.25, 0.3) is 41.7 Å². The van der Waals surface area contributed by atoms with Crippen molar-refractivity contribution in [2.75, 3.05) is 59.5 Å². The molecule has 8 rings (SSSR count). The Bertz CT molecular complexity index is 4480. The second kappa shape index (κ2) is 36.3. The first-order valence-corrected chi connectivity index (χ1v) is 30.2. The van der Waals surface area contributed by atoms with Crippen LogP contribution in [-0.2, 0) is 4.74 Å². The number of allylic oxidation sites excluding steroid dienone is 24. The molecule has 4 aromatic carbocycles. The minimum atomic E-state index is -1.10. The van der Waals surface area contributed by atoms with Gasteiger partial charge in [0.25, 0.3) is 0 Å². The Morgan fingerprint density at radius 1 is 0.442 bits per heavy atom. The van der Waals surface area contributed by atoms with E-state index in [1.165, 1.54) is 0 Å². The van der Waals surface area contributed by atoms with Gasteiger partial charge in [0.15, 0.2) is 11.8 Å². The van der Waals surface area contributed by atoms with Gasteiger partial charge in [0.05, 0.1) is 95.2 Å². The lowest BCUT2D eigenvalue weighted by molar-refractivity contribution is 0.0547. The average Bonchev–Trinajstić information content (AvgIpc) is 1.75. The quantitative estimate of drug-likeness (QED) is 0.0515. The molecule has 0 saturated carbocycles. The van der Waals surface area contributed by atoms with E-state index in [0.717, 1.165) is 85.5 Å². The second-order valence-corrected chi connectivity index (χ2v) is 21.4. The molecular weight excluding hydrogens is 1170 g/mol. The Kier molecular flexibility index (Phi) is 26.4. The van der Waals surface area contributed by atoms with Gasteiger partial charge in [0.2, 0.25) is 0 Å². The van der Waals surface area contributed by atoms with E-state index in [4.69, 9.17) is 31.0 Å². The first-order valence-electron chi connectivity index (χ1n) is 30.2. The van der Waals surface area contributed by atoms with Crippen molar-refractivity contribution in [3.05, 3.63) is 330 Å². The van der Waals surface area contributed by atoms with Gasteiger partial charge in [-0.1, -0.05) is 170 Å². The summed E-state index contributed by atoms with van der Waals surface area (Å²) in [6.45, 7) is 36.2. The number of nitrogens with zero attached hydrogens (tertiary/aromatic N) is 15. The maximum atomic E-state index is 10.1. The van der Waals surface area contributed by atoms with Crippen LogP contribution >= 0.6 is 0 Å². The van der Waals surface area contributed by atoms with Crippen molar-refractivity contribution in [3.8, 4) is 48.6 Å². The maximum absolute atomic E-state index is 10.1. The third-order valence-corrected chi connectivity index (χ3v) is 15.8. The molecule has 16 heteroatoms. The topological polar surface area (TPSA) is 227 Å². The van der Waals surface area contributed by atoms with Crippen molar-refractivity contribution in [2.45, 2.75) is 25.7 Å². The molecular formula is C79H61N15O. The van der Waals surface area contributed by atoms with E-state index >= 15 is 0 Å². The van der Waals surface area contributed by atoms with Crippen LogP contribution in [0.3, 0.4) is 0 Å². The van der Waals surface area contributed by atoms with Crippen molar-refractivity contribution in [2.24, 2.45) is 11.8 Å². The zero-order chi connectivity index (χ0) is 67.7. The van der Waals surface area contributed by atoms with Crippen molar-refractivity contribution in [1.29, 1.82) is 42.1 Å². The van der Waals surface area contributed by atoms with Gasteiger partial charge in [0.1, 0.15) is 26.3 Å². The SMILES string of the molecule is [C-]#[N+]C([N+]#[C-])=C(/C(C#N)=C/C=C/C1=C(N2CCN(C)CC2)C(=C/C=C/C(C#N)=C(\c2ccccc2)C(C#N)C#N)CC1)c1ccccc1.[C-]#[N+]C([N+]#[C-])=C(/C(C#N)=C/C=C/C1=C(N2CCOCC2)C(=C/C=C/C(C#N)=C(\c2ccccc2)C(C#N)C#N)/CC1)c1ccccc1. The molecule has 0 spiro atoms. The molecule has 0 aromatic heterocycles. The fourth-order valence-corrected chi connectivity index (χ4v) is 11.3. The molecule has 0 amide bonds. The number of hydrogen-bond donors (Lipinski definition) is 0. The van der Waals surface area contributed by atoms with E-state index in [9.17, 15) is 42.1 Å². The Morgan fingerprint density at radius 2 is 0.789 bits per heavy atom. The molecule has 16 nitrogen and oxygen atoms in total. The summed E-state index contributed by atoms with van der Waals surface area (Å²) in [7, 11) is 2.10. The summed E-state index contributed by atoms with van der Waals surface area (Å²) in [5.41, 5.74) is 11.4. The van der Waals surface area contributed by atoms with E-state index in [-0.39, 0.29) is 33.9 Å². The molecule has 2 aliphatic carbocycles. The molecule has 2 fully saturated rings. The third kappa shape index (κ3) is 18.0. The van der Waals surface area contributed by atoms with Crippen LogP contribution < -0.4 is 0 Å². The summed E-state index contributed by atoms with van der Waals surface area (Å²) in [5.74, 6) is -2.51. The fraction of sp³-hybridized carbons (Fsp3) is 0.190. The van der Waals surface area contributed by atoms with Gasteiger partial charge in [-0.05, 0) is 102 Å². The lowest BCUT2D eigenvalue weighted by Crippen LogP contribution is -2.44. The van der Waals surface area contributed by atoms with Crippen LogP contribution in [0.5, 0.6) is 0 Å². The number of rotatable bonds is 18. The van der Waals surface area contributed by atoms with E-state index in [1.807, 2.05) is 109 Å². The zero-order valence-electron chi connectivity index (χ0n) is 52.2. The number of hydrogen-bond acceptors (Lipinski definition) is 12. The van der Waals surface area contributed by atoms with Crippen molar-refractivity contribution >= 4 is 22.3 Å². The summed E-state index contributed by atoms with van der Waals surface area (Å²) in [6.07, 6.45) is 24.7. The van der Waals surface area contributed by atoms with Gasteiger partial charge in [-0.25, -0.2) is 0 Å². The average molecular weight is 1240 g/mol. The highest BCUT2D eigenvalue weighted by Crippen LogP contribution is 2.39. The largest absolute Gasteiger partial charge is 0.528 e. The van der Waals surface area contributed by atoms with Gasteiger partial charge in [0, 0.05) is 61.8 Å². The summed E-state index contributed by atoms with van der Waals surface area (Å²) in [6, 6.07) is 52.8. The smallest absolute Gasteiger partial charge is 0.378 e. The monoisotopic (exact) mass is 1240 g/mol. The molecule has 2 aliphatic heterocycles. The number of ether oxygens (including phenoxy) is 1. The van der Waals surface area contributed by atoms with Crippen LogP contribution in [0.4, 0.5) is 0 Å². The molecule has 0 unspecified atom stereocenters. The molecule has 2 heterocycles. The molecule has 4 aliphatic rings. The maximum Gasteiger partial charge on any atom is 0.528 e. The second-order valence-electron chi connectivity index (χ2n) is 21.4. The van der Waals surface area contributed by atoms with Crippen LogP contribution in [0, 0.1) is 129 Å². The molecule has 95 heavy (non-hydrogen) atoms. The van der Waals surface area contributed by atoms with Crippen molar-refractivity contribution < 1.29 is 4.74 Å². The third-order valence-electron chi connectivity index (χ3n) is 15.8. The lowest BCUT2D eigenvalue weighted by Gasteiger charge is -2.36. The van der Waals surface area contributed by atoms with Crippen LogP contribution in [-0.4, -0.2) is 74.2 Å². The van der Waals surface area contributed by atoms with Gasteiger partial charge >= 0.3 is 11.6 Å². The first-order chi connectivity index (χ1) is 46.6. The Balaban J connectivity index is 0.000000269. The summed E-state index contributed by atoms with van der Waals surface area (Å²) >= 11 is 0. The van der Waals surface area contributed by atoms with E-state index in [2.05, 4.69) is 65.4 Å². The standard InChI is InChI=1S/C40H32N8.C39H29N7O/c1-45-40(46-2)38(31-14-8-5-9-15-31)35(27-42)19-11-17-33-21-20-32(39(33)48-24-22-47(3)23-25-48)16-10-18-34(26-41)37(36(28-43)29-44)30-12-6-4-7-13-30;1-44-39(45-2)37(30-13-7-4-8-14-30)34(26-41)18-10-16-32-20-19-31(38(32)46-21-23-47-24-22-46)15-9-17-33(25-40)36(35(27-42)28-43)29-11-5-3-6-12-29/h4-19,36H,20-25H2,3H3;3-18,35H,19-24H2/b17-11+,18-10+,32-16?,35-19+,37-34-;16-10+,17-9+,31-15+,34-18+,36-33-. The molecule has 4 aromatic rings. The van der Waals surface area contributed by atoms with Crippen molar-refractivity contribution in [1.82, 2.24) is 14.7 Å². The zero-order valence-corrected chi connectivity index (χ0v) is 52.2. The highest BCUT2D eigenvalue weighted by atomic mass is 16.5. The number of likely N-dealkylation sites (N-methyl/N-ethyl adjacent to an activating group) is 1. The van der Waals surface area contributed by atoms with Crippen LogP contribution in [0.2, 0.25) is 0 Å². The normalized spacial score (nSPS) is 16.4. The first kappa shape index (κ1) is 69.1. The highest BCUT2D eigenvalue weighted by molar-refractivity contribution is 5.88. The molecule has 0 radical (unpaired) electrons. The van der Waals surface area contributed by atoms with E-state index < -0.39 is 11.8 Å². The molecule has 458 valence electrons. The van der Waals surface area contributed by atoms with E-state index in [0.29, 0.717) is 70.8 Å². The number of nitriles is 8. The Morgan fingerprint density at radius 3 is 1.12 bits per heavy atom. The van der Waals surface area contributed by atoms with Gasteiger partial charge < -0.3 is 19.4 Å². The fourth-order valence-electron chi connectivity index (χ4n) is 11.3. The Labute approximate surface area is 556 Å². The van der Waals surface area contributed by atoms with Crippen LogP contribution in [0.15, 0.2) is 262 Å². The van der Waals surface area contributed by atoms with E-state index in [1.54, 1.807) is 109 Å². The number of benzene rings is 4. The minimum absolute atomic E-state index is 0.158. The summed E-state index contributed by atoms with van der Waals surface area (Å²) < 4.78 is 5.60. The lowest BCUT2D eigenvalue weighted by atomic mass is 9.90. The molecule has 0 atom stereocenters. The summed E-state index contributed by atoms with van der Waals surface area (Å²) in [5, 5.41) is 78.8. The highest BCUT2D eigenvalue weighted by Gasteiger charge is 2.29. The van der Waals surface area contributed by atoms with Gasteiger partial charge in [-0.3, -0.25) is 0 Å². The predicted molar refractivity (Wildman–Crippen MR) is 365 cm³/mol. The predicted octanol–water partition coefficient (Wildman–Crippen LogP) is 15.3. The minimum Gasteiger partial charge on any atom is -0.378 e. The summed E-state index contributed by atoms with van der Waals surface area (Å²) in [4.78, 5) is 20.5. The Hall–Kier alpha value is -13.4. The van der Waals surface area contributed by atoms with Gasteiger partial charge in [-0.15, -0.1) is 0 Å². The number of piperazine rings is 1. The molecule has 2 saturated heterocycles. The van der Waals surface area contributed by atoms with Crippen molar-refractivity contribution in [3.63, 3.8) is 0 Å². The molecule has 0 N–H and O–H groups in total. The van der Waals surface area contributed by atoms with Crippen LogP contribution in [0.1, 0.15) is 47.9 Å².